The number of carbonyl (C=O) groups is 2. The van der Waals surface area contributed by atoms with Crippen LogP contribution in [-0.2, 0) is 17.8 Å². The Morgan fingerprint density at radius 2 is 1.58 bits per heavy atom. The number of likely N-dealkylation sites (tertiary alicyclic amines) is 1. The Kier molecular flexibility index (Phi) is 7.76. The zero-order valence-corrected chi connectivity index (χ0v) is 18.4. The molecular formula is C24H30N2O5. The van der Waals surface area contributed by atoms with Gasteiger partial charge in [-0.1, -0.05) is 12.1 Å². The SMILES string of the molecule is COc1cc(CC(=O)NCc2cccc(C(=O)N3CCCCC3)c2)cc(OC)c1OC. The van der Waals surface area contributed by atoms with Crippen LogP contribution in [0.2, 0.25) is 0 Å². The van der Waals surface area contributed by atoms with E-state index in [-0.39, 0.29) is 18.2 Å². The Morgan fingerprint density at radius 3 is 2.19 bits per heavy atom. The topological polar surface area (TPSA) is 77.1 Å². The van der Waals surface area contributed by atoms with E-state index in [1.165, 1.54) is 13.5 Å². The first-order chi connectivity index (χ1) is 15.0. The van der Waals surface area contributed by atoms with Crippen molar-refractivity contribution in [2.24, 2.45) is 0 Å². The summed E-state index contributed by atoms with van der Waals surface area (Å²) in [6.45, 7) is 1.98. The molecule has 0 aliphatic carbocycles. The average molecular weight is 427 g/mol. The maximum absolute atomic E-state index is 12.7. The van der Waals surface area contributed by atoms with Gasteiger partial charge in [0.1, 0.15) is 0 Å². The average Bonchev–Trinajstić information content (AvgIpc) is 2.82. The van der Waals surface area contributed by atoms with Crippen molar-refractivity contribution in [2.45, 2.75) is 32.2 Å². The third kappa shape index (κ3) is 5.69. The van der Waals surface area contributed by atoms with Gasteiger partial charge in [-0.05, 0) is 54.7 Å². The van der Waals surface area contributed by atoms with Crippen molar-refractivity contribution < 1.29 is 23.8 Å². The molecule has 0 saturated carbocycles. The van der Waals surface area contributed by atoms with E-state index in [0.29, 0.717) is 29.4 Å². The fraction of sp³-hybridized carbons (Fsp3) is 0.417. The fourth-order valence-corrected chi connectivity index (χ4v) is 3.78. The second kappa shape index (κ2) is 10.7. The minimum atomic E-state index is -0.137. The molecule has 7 nitrogen and oxygen atoms in total. The van der Waals surface area contributed by atoms with Gasteiger partial charge < -0.3 is 24.4 Å². The summed E-state index contributed by atoms with van der Waals surface area (Å²) in [5.41, 5.74) is 2.31. The van der Waals surface area contributed by atoms with Gasteiger partial charge in [0, 0.05) is 25.2 Å². The molecule has 0 unspecified atom stereocenters. The van der Waals surface area contributed by atoms with Crippen molar-refractivity contribution in [1.82, 2.24) is 10.2 Å². The summed E-state index contributed by atoms with van der Waals surface area (Å²) in [5, 5.41) is 2.92. The van der Waals surface area contributed by atoms with Gasteiger partial charge in [0.2, 0.25) is 11.7 Å². The number of hydrogen-bond donors (Lipinski definition) is 1. The van der Waals surface area contributed by atoms with Crippen molar-refractivity contribution in [1.29, 1.82) is 0 Å². The summed E-state index contributed by atoms with van der Waals surface area (Å²) >= 11 is 0. The maximum Gasteiger partial charge on any atom is 0.253 e. The molecule has 7 heteroatoms. The first-order valence-corrected chi connectivity index (χ1v) is 10.5. The monoisotopic (exact) mass is 426 g/mol. The minimum Gasteiger partial charge on any atom is -0.493 e. The molecule has 2 amide bonds. The van der Waals surface area contributed by atoms with E-state index < -0.39 is 0 Å². The zero-order chi connectivity index (χ0) is 22.2. The molecule has 166 valence electrons. The van der Waals surface area contributed by atoms with E-state index in [4.69, 9.17) is 14.2 Å². The molecular weight excluding hydrogens is 396 g/mol. The molecule has 1 saturated heterocycles. The van der Waals surface area contributed by atoms with Gasteiger partial charge in [-0.15, -0.1) is 0 Å². The molecule has 3 rings (SSSR count). The summed E-state index contributed by atoms with van der Waals surface area (Å²) in [5.74, 6) is 1.43. The fourth-order valence-electron chi connectivity index (χ4n) is 3.78. The second-order valence-electron chi connectivity index (χ2n) is 7.54. The highest BCUT2D eigenvalue weighted by Crippen LogP contribution is 2.38. The summed E-state index contributed by atoms with van der Waals surface area (Å²) in [6, 6.07) is 11.0. The number of hydrogen-bond acceptors (Lipinski definition) is 5. The van der Waals surface area contributed by atoms with Gasteiger partial charge in [0.05, 0.1) is 27.8 Å². The molecule has 2 aromatic rings. The molecule has 0 bridgehead atoms. The van der Waals surface area contributed by atoms with Gasteiger partial charge in [0.15, 0.2) is 11.5 Å². The molecule has 2 aromatic carbocycles. The van der Waals surface area contributed by atoms with Crippen LogP contribution in [0.15, 0.2) is 36.4 Å². The Bertz CT molecular complexity index is 897. The number of nitrogens with zero attached hydrogens (tertiary/aromatic N) is 1. The standard InChI is InChI=1S/C24H30N2O5/c1-29-20-13-18(14-21(30-2)23(20)31-3)15-22(27)25-16-17-8-7-9-19(12-17)24(28)26-10-5-4-6-11-26/h7-9,12-14H,4-6,10-11,15-16H2,1-3H3,(H,25,27). The van der Waals surface area contributed by atoms with Gasteiger partial charge in [-0.25, -0.2) is 0 Å². The van der Waals surface area contributed by atoms with Crippen LogP contribution in [0.4, 0.5) is 0 Å². The van der Waals surface area contributed by atoms with E-state index in [9.17, 15) is 9.59 Å². The number of benzene rings is 2. The molecule has 0 spiro atoms. The summed E-state index contributed by atoms with van der Waals surface area (Å²) in [4.78, 5) is 27.1. The van der Waals surface area contributed by atoms with Crippen LogP contribution in [0.25, 0.3) is 0 Å². The molecule has 1 aliphatic heterocycles. The van der Waals surface area contributed by atoms with E-state index in [2.05, 4.69) is 5.32 Å². The Morgan fingerprint density at radius 1 is 0.903 bits per heavy atom. The lowest BCUT2D eigenvalue weighted by Crippen LogP contribution is -2.35. The predicted octanol–water partition coefficient (Wildman–Crippen LogP) is 3.20. The van der Waals surface area contributed by atoms with Crippen molar-refractivity contribution in [2.75, 3.05) is 34.4 Å². The molecule has 1 N–H and O–H groups in total. The highest BCUT2D eigenvalue weighted by molar-refractivity contribution is 5.94. The summed E-state index contributed by atoms with van der Waals surface area (Å²) in [7, 11) is 4.62. The van der Waals surface area contributed by atoms with E-state index >= 15 is 0 Å². The molecule has 31 heavy (non-hydrogen) atoms. The van der Waals surface area contributed by atoms with Crippen molar-refractivity contribution >= 4 is 11.8 Å². The summed E-state index contributed by atoms with van der Waals surface area (Å²) < 4.78 is 16.0. The molecule has 1 fully saturated rings. The zero-order valence-electron chi connectivity index (χ0n) is 18.4. The van der Waals surface area contributed by atoms with Crippen LogP contribution in [0.5, 0.6) is 17.2 Å². The molecule has 1 heterocycles. The van der Waals surface area contributed by atoms with Crippen LogP contribution in [0.1, 0.15) is 40.7 Å². The molecule has 0 atom stereocenters. The largest absolute Gasteiger partial charge is 0.493 e. The van der Waals surface area contributed by atoms with E-state index in [0.717, 1.165) is 37.1 Å². The van der Waals surface area contributed by atoms with Crippen LogP contribution in [0, 0.1) is 0 Å². The minimum absolute atomic E-state index is 0.0605. The van der Waals surface area contributed by atoms with Gasteiger partial charge in [0.25, 0.3) is 5.91 Å². The quantitative estimate of drug-likeness (QED) is 0.702. The lowest BCUT2D eigenvalue weighted by Gasteiger charge is -2.26. The van der Waals surface area contributed by atoms with E-state index in [1.807, 2.05) is 29.2 Å². The third-order valence-electron chi connectivity index (χ3n) is 5.40. The number of ether oxygens (including phenoxy) is 3. The number of amides is 2. The molecule has 0 aromatic heterocycles. The maximum atomic E-state index is 12.7. The highest BCUT2D eigenvalue weighted by Gasteiger charge is 2.18. The van der Waals surface area contributed by atoms with Crippen LogP contribution in [-0.4, -0.2) is 51.1 Å². The normalized spacial score (nSPS) is 13.5. The highest BCUT2D eigenvalue weighted by atomic mass is 16.5. The van der Waals surface area contributed by atoms with Crippen LogP contribution < -0.4 is 19.5 Å². The Balaban J connectivity index is 1.62. The second-order valence-corrected chi connectivity index (χ2v) is 7.54. The number of methoxy groups -OCH3 is 3. The number of carbonyl (C=O) groups excluding carboxylic acids is 2. The first kappa shape index (κ1) is 22.5. The van der Waals surface area contributed by atoms with E-state index in [1.54, 1.807) is 26.4 Å². The Labute approximate surface area is 183 Å². The number of rotatable bonds is 8. The first-order valence-electron chi connectivity index (χ1n) is 10.5. The van der Waals surface area contributed by atoms with Crippen LogP contribution in [0.3, 0.4) is 0 Å². The van der Waals surface area contributed by atoms with Crippen molar-refractivity contribution in [3.05, 3.63) is 53.1 Å². The smallest absolute Gasteiger partial charge is 0.253 e. The number of piperidine rings is 1. The summed E-state index contributed by atoms with van der Waals surface area (Å²) in [6.07, 6.45) is 3.47. The van der Waals surface area contributed by atoms with Gasteiger partial charge in [-0.3, -0.25) is 9.59 Å². The van der Waals surface area contributed by atoms with Crippen molar-refractivity contribution in [3.8, 4) is 17.2 Å². The molecule has 1 aliphatic rings. The predicted molar refractivity (Wildman–Crippen MR) is 118 cm³/mol. The number of nitrogens with one attached hydrogen (secondary N) is 1. The third-order valence-corrected chi connectivity index (χ3v) is 5.40. The van der Waals surface area contributed by atoms with Gasteiger partial charge >= 0.3 is 0 Å². The lowest BCUT2D eigenvalue weighted by atomic mass is 10.1. The Hall–Kier alpha value is -3.22. The lowest BCUT2D eigenvalue weighted by molar-refractivity contribution is -0.120. The van der Waals surface area contributed by atoms with Crippen LogP contribution >= 0.6 is 0 Å². The molecule has 0 radical (unpaired) electrons. The van der Waals surface area contributed by atoms with Crippen molar-refractivity contribution in [3.63, 3.8) is 0 Å². The van der Waals surface area contributed by atoms with Gasteiger partial charge in [-0.2, -0.15) is 0 Å².